The van der Waals surface area contributed by atoms with Gasteiger partial charge in [0, 0.05) is 6.04 Å². The first kappa shape index (κ1) is 14.0. The number of fused-ring (bicyclic) bond motifs is 1. The third-order valence-corrected chi connectivity index (χ3v) is 3.88. The molecule has 0 spiro atoms. The summed E-state index contributed by atoms with van der Waals surface area (Å²) in [4.78, 5) is 25.9. The molecule has 0 amide bonds. The lowest BCUT2D eigenvalue weighted by Gasteiger charge is -2.12. The summed E-state index contributed by atoms with van der Waals surface area (Å²) in [5, 5.41) is 12.4. The minimum atomic E-state index is -0.812. The zero-order valence-electron chi connectivity index (χ0n) is 10.9. The molecule has 108 valence electrons. The lowest BCUT2D eigenvalue weighted by Crippen LogP contribution is -2.36. The molecule has 2 aliphatic rings. The fraction of sp³-hybridized carbons (Fsp3) is 0.917. The number of nitrogens with one attached hydrogen (secondary N) is 1. The number of ether oxygens (including phenoxy) is 1. The van der Waals surface area contributed by atoms with Gasteiger partial charge in [-0.1, -0.05) is 6.42 Å². The SMILES string of the molecule is O=C(OCCCCO[N+](=O)[O-])C1CC2CCCC2N1. The predicted octanol–water partition coefficient (Wildman–Crippen LogP) is 1.05. The first-order valence-electron chi connectivity index (χ1n) is 6.87. The van der Waals surface area contributed by atoms with E-state index in [0.717, 1.165) is 12.8 Å². The number of unbranched alkanes of at least 4 members (excludes halogenated alkanes) is 1. The molecule has 19 heavy (non-hydrogen) atoms. The molecule has 0 radical (unpaired) electrons. The first-order chi connectivity index (χ1) is 9.16. The predicted molar refractivity (Wildman–Crippen MR) is 65.8 cm³/mol. The maximum absolute atomic E-state index is 11.8. The summed E-state index contributed by atoms with van der Waals surface area (Å²) in [7, 11) is 0. The largest absolute Gasteiger partial charge is 0.465 e. The second kappa shape index (κ2) is 6.70. The lowest BCUT2D eigenvalue weighted by atomic mass is 10.0. The van der Waals surface area contributed by atoms with E-state index in [1.807, 2.05) is 0 Å². The molecule has 1 saturated heterocycles. The highest BCUT2D eigenvalue weighted by Crippen LogP contribution is 2.34. The number of esters is 1. The molecule has 0 aromatic heterocycles. The number of carbonyl (C=O) groups is 1. The Morgan fingerprint density at radius 3 is 2.84 bits per heavy atom. The Hall–Kier alpha value is -1.37. The van der Waals surface area contributed by atoms with Crippen molar-refractivity contribution >= 4 is 5.97 Å². The van der Waals surface area contributed by atoms with Crippen molar-refractivity contribution in [2.75, 3.05) is 13.2 Å². The highest BCUT2D eigenvalue weighted by molar-refractivity contribution is 5.76. The fourth-order valence-electron chi connectivity index (χ4n) is 2.95. The highest BCUT2D eigenvalue weighted by atomic mass is 16.9. The monoisotopic (exact) mass is 272 g/mol. The van der Waals surface area contributed by atoms with Gasteiger partial charge in [0.2, 0.25) is 0 Å². The summed E-state index contributed by atoms with van der Waals surface area (Å²) in [6.07, 6.45) is 5.59. The van der Waals surface area contributed by atoms with E-state index in [2.05, 4.69) is 10.2 Å². The molecule has 2 fully saturated rings. The maximum Gasteiger partial charge on any atom is 0.323 e. The summed E-state index contributed by atoms with van der Waals surface area (Å²) >= 11 is 0. The highest BCUT2D eigenvalue weighted by Gasteiger charge is 2.40. The van der Waals surface area contributed by atoms with Crippen molar-refractivity contribution in [3.8, 4) is 0 Å². The van der Waals surface area contributed by atoms with Gasteiger partial charge in [0.1, 0.15) is 6.04 Å². The molecule has 0 bridgehead atoms. The molecule has 7 nitrogen and oxygen atoms in total. The molecule has 2 rings (SSSR count). The van der Waals surface area contributed by atoms with E-state index in [-0.39, 0.29) is 18.6 Å². The number of rotatable bonds is 7. The zero-order valence-corrected chi connectivity index (χ0v) is 10.9. The van der Waals surface area contributed by atoms with E-state index in [0.29, 0.717) is 31.4 Å². The van der Waals surface area contributed by atoms with Crippen LogP contribution in [0, 0.1) is 16.0 Å². The maximum atomic E-state index is 11.8. The van der Waals surface area contributed by atoms with Gasteiger partial charge in [-0.2, -0.15) is 0 Å². The molecule has 3 unspecified atom stereocenters. The van der Waals surface area contributed by atoms with Gasteiger partial charge < -0.3 is 14.9 Å². The molecular weight excluding hydrogens is 252 g/mol. The van der Waals surface area contributed by atoms with Crippen LogP contribution in [0.5, 0.6) is 0 Å². The number of nitrogens with zero attached hydrogens (tertiary/aromatic N) is 1. The number of carbonyl (C=O) groups excluding carboxylic acids is 1. The van der Waals surface area contributed by atoms with Crippen molar-refractivity contribution in [2.24, 2.45) is 5.92 Å². The Bertz CT molecular complexity index is 324. The summed E-state index contributed by atoms with van der Waals surface area (Å²) in [5.41, 5.74) is 0. The van der Waals surface area contributed by atoms with E-state index in [9.17, 15) is 14.9 Å². The van der Waals surface area contributed by atoms with Gasteiger partial charge in [0.25, 0.3) is 5.09 Å². The summed E-state index contributed by atoms with van der Waals surface area (Å²) in [6, 6.07) is 0.330. The molecule has 0 aromatic rings. The molecule has 3 atom stereocenters. The second-order valence-corrected chi connectivity index (χ2v) is 5.18. The molecule has 1 aliphatic carbocycles. The van der Waals surface area contributed by atoms with Crippen molar-refractivity contribution in [1.29, 1.82) is 0 Å². The van der Waals surface area contributed by atoms with Gasteiger partial charge in [-0.15, -0.1) is 10.1 Å². The van der Waals surface area contributed by atoms with E-state index < -0.39 is 5.09 Å². The van der Waals surface area contributed by atoms with Crippen LogP contribution in [0.4, 0.5) is 0 Å². The van der Waals surface area contributed by atoms with Gasteiger partial charge in [-0.05, 0) is 38.0 Å². The van der Waals surface area contributed by atoms with Crippen molar-refractivity contribution in [3.63, 3.8) is 0 Å². The van der Waals surface area contributed by atoms with Gasteiger partial charge in [0.15, 0.2) is 0 Å². The van der Waals surface area contributed by atoms with Crippen LogP contribution < -0.4 is 5.32 Å². The van der Waals surface area contributed by atoms with Crippen LogP contribution in [0.3, 0.4) is 0 Å². The van der Waals surface area contributed by atoms with Gasteiger partial charge in [-0.3, -0.25) is 4.79 Å². The van der Waals surface area contributed by atoms with Crippen LogP contribution in [0.25, 0.3) is 0 Å². The van der Waals surface area contributed by atoms with Crippen LogP contribution >= 0.6 is 0 Å². The van der Waals surface area contributed by atoms with Crippen molar-refractivity contribution < 1.29 is 19.5 Å². The Kier molecular flexibility index (Phi) is 4.95. The van der Waals surface area contributed by atoms with E-state index >= 15 is 0 Å². The first-order valence-corrected chi connectivity index (χ1v) is 6.87. The van der Waals surface area contributed by atoms with Crippen LogP contribution in [0.2, 0.25) is 0 Å². The lowest BCUT2D eigenvalue weighted by molar-refractivity contribution is -0.757. The smallest absolute Gasteiger partial charge is 0.323 e. The second-order valence-electron chi connectivity index (χ2n) is 5.18. The van der Waals surface area contributed by atoms with Crippen LogP contribution in [0.1, 0.15) is 38.5 Å². The topological polar surface area (TPSA) is 90.7 Å². The standard InChI is InChI=1S/C12H20N2O5/c15-12(18-6-1-2-7-19-14(16)17)11-8-9-4-3-5-10(9)13-11/h9-11,13H,1-8H2. The molecule has 7 heteroatoms. The third-order valence-electron chi connectivity index (χ3n) is 3.88. The molecule has 0 aromatic carbocycles. The number of hydrogen-bond acceptors (Lipinski definition) is 6. The fourth-order valence-corrected chi connectivity index (χ4v) is 2.95. The average molecular weight is 272 g/mol. The summed E-state index contributed by atoms with van der Waals surface area (Å²) < 4.78 is 5.17. The Labute approximate surface area is 111 Å². The Morgan fingerprint density at radius 2 is 2.11 bits per heavy atom. The van der Waals surface area contributed by atoms with Gasteiger partial charge in [-0.25, -0.2) is 0 Å². The Morgan fingerprint density at radius 1 is 1.32 bits per heavy atom. The van der Waals surface area contributed by atoms with E-state index in [1.54, 1.807) is 0 Å². The van der Waals surface area contributed by atoms with Crippen LogP contribution in [-0.2, 0) is 14.4 Å². The van der Waals surface area contributed by atoms with Crippen molar-refractivity contribution in [3.05, 3.63) is 10.1 Å². The van der Waals surface area contributed by atoms with E-state index in [4.69, 9.17) is 4.74 Å². The number of hydrogen-bond donors (Lipinski definition) is 1. The minimum absolute atomic E-state index is 0.0520. The minimum Gasteiger partial charge on any atom is -0.465 e. The van der Waals surface area contributed by atoms with Crippen molar-refractivity contribution in [1.82, 2.24) is 5.32 Å². The molecule has 1 saturated carbocycles. The molecular formula is C12H20N2O5. The molecule has 1 N–H and O–H groups in total. The zero-order chi connectivity index (χ0) is 13.7. The van der Waals surface area contributed by atoms with Crippen LogP contribution in [0.15, 0.2) is 0 Å². The normalized spacial score (nSPS) is 28.9. The third kappa shape index (κ3) is 4.05. The van der Waals surface area contributed by atoms with Gasteiger partial charge in [0.05, 0.1) is 13.2 Å². The molecule has 1 heterocycles. The Balaban J connectivity index is 1.54. The van der Waals surface area contributed by atoms with E-state index in [1.165, 1.54) is 12.8 Å². The van der Waals surface area contributed by atoms with Gasteiger partial charge >= 0.3 is 5.97 Å². The average Bonchev–Trinajstić information content (AvgIpc) is 2.93. The summed E-state index contributed by atoms with van der Waals surface area (Å²) in [6.45, 7) is 0.351. The van der Waals surface area contributed by atoms with Crippen LogP contribution in [-0.4, -0.2) is 36.4 Å². The summed E-state index contributed by atoms with van der Waals surface area (Å²) in [5.74, 6) is 0.440. The van der Waals surface area contributed by atoms with Crippen molar-refractivity contribution in [2.45, 2.75) is 50.6 Å². The quantitative estimate of drug-likeness (QED) is 0.322. The molecule has 1 aliphatic heterocycles.